The molecule has 2 aromatic heterocycles. The lowest BCUT2D eigenvalue weighted by molar-refractivity contribution is 0.519. The van der Waals surface area contributed by atoms with Gasteiger partial charge in [0.05, 0.1) is 16.7 Å². The minimum atomic E-state index is 0.228. The number of aryl methyl sites for hydroxylation is 2. The van der Waals surface area contributed by atoms with Gasteiger partial charge in [-0.2, -0.15) is 0 Å². The molecule has 0 aliphatic rings. The normalized spacial score (nSPS) is 12.9. The van der Waals surface area contributed by atoms with Gasteiger partial charge in [0.15, 0.2) is 0 Å². The van der Waals surface area contributed by atoms with Gasteiger partial charge >= 0.3 is 0 Å². The first-order valence-electron chi connectivity index (χ1n) is 5.84. The average Bonchev–Trinajstić information content (AvgIpc) is 2.94. The Kier molecular flexibility index (Phi) is 3.91. The standard InChI is InChI=1S/C12H18N4S/c1-4-16-6-5-14-12(16)11(13-3)7-10-8-17-9(2)15-10/h5-6,8,11,13H,4,7H2,1-3H3. The second-order valence-electron chi connectivity index (χ2n) is 3.97. The third-order valence-electron chi connectivity index (χ3n) is 2.83. The third kappa shape index (κ3) is 2.73. The molecule has 0 aromatic carbocycles. The highest BCUT2D eigenvalue weighted by molar-refractivity contribution is 7.09. The molecule has 0 aliphatic heterocycles. The van der Waals surface area contributed by atoms with Gasteiger partial charge in [0.2, 0.25) is 0 Å². The van der Waals surface area contributed by atoms with Crippen LogP contribution in [0.3, 0.4) is 0 Å². The molecule has 1 unspecified atom stereocenters. The Hall–Kier alpha value is -1.20. The Morgan fingerprint density at radius 3 is 2.94 bits per heavy atom. The largest absolute Gasteiger partial charge is 0.334 e. The maximum atomic E-state index is 4.51. The molecule has 0 amide bonds. The summed E-state index contributed by atoms with van der Waals surface area (Å²) < 4.78 is 2.17. The summed E-state index contributed by atoms with van der Waals surface area (Å²) in [6, 6.07) is 0.228. The van der Waals surface area contributed by atoms with Crippen molar-refractivity contribution in [3.63, 3.8) is 0 Å². The van der Waals surface area contributed by atoms with E-state index in [1.807, 2.05) is 26.4 Å². The minimum absolute atomic E-state index is 0.228. The highest BCUT2D eigenvalue weighted by Crippen LogP contribution is 2.18. The van der Waals surface area contributed by atoms with Crippen LogP contribution >= 0.6 is 11.3 Å². The van der Waals surface area contributed by atoms with Gasteiger partial charge in [-0.15, -0.1) is 11.3 Å². The van der Waals surface area contributed by atoms with Crippen LogP contribution in [-0.4, -0.2) is 21.6 Å². The van der Waals surface area contributed by atoms with Gasteiger partial charge in [0, 0.05) is 30.7 Å². The van der Waals surface area contributed by atoms with Crippen LogP contribution in [0.4, 0.5) is 0 Å². The molecule has 0 fully saturated rings. The van der Waals surface area contributed by atoms with E-state index in [9.17, 15) is 0 Å². The fourth-order valence-electron chi connectivity index (χ4n) is 1.93. The summed E-state index contributed by atoms with van der Waals surface area (Å²) in [5, 5.41) is 6.56. The van der Waals surface area contributed by atoms with Crippen LogP contribution in [-0.2, 0) is 13.0 Å². The summed E-state index contributed by atoms with van der Waals surface area (Å²) in [6.45, 7) is 5.12. The van der Waals surface area contributed by atoms with Crippen molar-refractivity contribution in [1.82, 2.24) is 19.9 Å². The van der Waals surface area contributed by atoms with E-state index in [0.29, 0.717) is 0 Å². The van der Waals surface area contributed by atoms with Gasteiger partial charge in [-0.3, -0.25) is 0 Å². The second-order valence-corrected chi connectivity index (χ2v) is 5.04. The maximum Gasteiger partial charge on any atom is 0.126 e. The van der Waals surface area contributed by atoms with E-state index >= 15 is 0 Å². The van der Waals surface area contributed by atoms with Crippen LogP contribution in [0.25, 0.3) is 0 Å². The zero-order valence-corrected chi connectivity index (χ0v) is 11.3. The molecule has 4 nitrogen and oxygen atoms in total. The summed E-state index contributed by atoms with van der Waals surface area (Å²) in [7, 11) is 1.97. The van der Waals surface area contributed by atoms with E-state index < -0.39 is 0 Å². The van der Waals surface area contributed by atoms with Crippen LogP contribution in [0.5, 0.6) is 0 Å². The molecule has 1 N–H and O–H groups in total. The van der Waals surface area contributed by atoms with Crippen molar-refractivity contribution in [2.24, 2.45) is 0 Å². The lowest BCUT2D eigenvalue weighted by Gasteiger charge is -2.15. The lowest BCUT2D eigenvalue weighted by Crippen LogP contribution is -2.23. The zero-order chi connectivity index (χ0) is 12.3. The van der Waals surface area contributed by atoms with Crippen LogP contribution in [0, 0.1) is 6.92 Å². The SMILES string of the molecule is CCn1ccnc1C(Cc1csc(C)n1)NC. The number of likely N-dealkylation sites (N-methyl/N-ethyl adjacent to an activating group) is 1. The number of rotatable bonds is 5. The van der Waals surface area contributed by atoms with E-state index in [0.717, 1.165) is 29.5 Å². The average molecular weight is 250 g/mol. The molecule has 0 bridgehead atoms. The summed E-state index contributed by atoms with van der Waals surface area (Å²) >= 11 is 1.70. The first-order valence-corrected chi connectivity index (χ1v) is 6.71. The van der Waals surface area contributed by atoms with Crippen molar-refractivity contribution in [3.05, 3.63) is 34.3 Å². The highest BCUT2D eigenvalue weighted by atomic mass is 32.1. The molecule has 17 heavy (non-hydrogen) atoms. The highest BCUT2D eigenvalue weighted by Gasteiger charge is 2.16. The van der Waals surface area contributed by atoms with Crippen LogP contribution in [0.2, 0.25) is 0 Å². The molecule has 2 rings (SSSR count). The fourth-order valence-corrected chi connectivity index (χ4v) is 2.56. The number of hydrogen-bond acceptors (Lipinski definition) is 4. The van der Waals surface area contributed by atoms with Gasteiger partial charge in [0.25, 0.3) is 0 Å². The Labute approximate surface area is 106 Å². The first kappa shape index (κ1) is 12.3. The van der Waals surface area contributed by atoms with E-state index in [-0.39, 0.29) is 6.04 Å². The lowest BCUT2D eigenvalue weighted by atomic mass is 10.1. The van der Waals surface area contributed by atoms with Gasteiger partial charge in [-0.1, -0.05) is 0 Å². The predicted octanol–water partition coefficient (Wildman–Crippen LogP) is 2.17. The predicted molar refractivity (Wildman–Crippen MR) is 70.3 cm³/mol. The Bertz CT molecular complexity index is 474. The molecule has 0 spiro atoms. The third-order valence-corrected chi connectivity index (χ3v) is 3.65. The molecule has 0 radical (unpaired) electrons. The van der Waals surface area contributed by atoms with Crippen molar-refractivity contribution < 1.29 is 0 Å². The zero-order valence-electron chi connectivity index (χ0n) is 10.5. The number of nitrogens with zero attached hydrogens (tertiary/aromatic N) is 3. The monoisotopic (exact) mass is 250 g/mol. The maximum absolute atomic E-state index is 4.51. The Balaban J connectivity index is 2.16. The van der Waals surface area contributed by atoms with Crippen LogP contribution in [0.1, 0.15) is 29.5 Å². The second kappa shape index (κ2) is 5.42. The quantitative estimate of drug-likeness (QED) is 0.884. The first-order chi connectivity index (χ1) is 8.24. The summed E-state index contributed by atoms with van der Waals surface area (Å²) in [6.07, 6.45) is 4.76. The van der Waals surface area contributed by atoms with E-state index in [1.165, 1.54) is 0 Å². The molecule has 1 atom stereocenters. The molecule has 0 aliphatic carbocycles. The molecular formula is C12H18N4S. The molecule has 2 heterocycles. The molecular weight excluding hydrogens is 232 g/mol. The Morgan fingerprint density at radius 2 is 2.35 bits per heavy atom. The van der Waals surface area contributed by atoms with E-state index in [2.05, 4.69) is 32.2 Å². The summed E-state index contributed by atoms with van der Waals surface area (Å²) in [4.78, 5) is 8.94. The van der Waals surface area contributed by atoms with Crippen molar-refractivity contribution in [3.8, 4) is 0 Å². The van der Waals surface area contributed by atoms with Crippen molar-refractivity contribution in [2.75, 3.05) is 7.05 Å². The van der Waals surface area contributed by atoms with Crippen LogP contribution < -0.4 is 5.32 Å². The van der Waals surface area contributed by atoms with Crippen molar-refractivity contribution >= 4 is 11.3 Å². The topological polar surface area (TPSA) is 42.7 Å². The van der Waals surface area contributed by atoms with E-state index in [4.69, 9.17) is 0 Å². The smallest absolute Gasteiger partial charge is 0.126 e. The fraction of sp³-hybridized carbons (Fsp3) is 0.500. The number of thiazole rings is 1. The Morgan fingerprint density at radius 1 is 1.53 bits per heavy atom. The van der Waals surface area contributed by atoms with Gasteiger partial charge in [0.1, 0.15) is 5.82 Å². The number of hydrogen-bond donors (Lipinski definition) is 1. The van der Waals surface area contributed by atoms with Crippen molar-refractivity contribution in [1.29, 1.82) is 0 Å². The number of nitrogens with one attached hydrogen (secondary N) is 1. The molecule has 0 saturated carbocycles. The molecule has 0 saturated heterocycles. The summed E-state index contributed by atoms with van der Waals surface area (Å²) in [5.41, 5.74) is 1.14. The van der Waals surface area contributed by atoms with E-state index in [1.54, 1.807) is 11.3 Å². The van der Waals surface area contributed by atoms with Crippen molar-refractivity contribution in [2.45, 2.75) is 32.9 Å². The van der Waals surface area contributed by atoms with Gasteiger partial charge in [-0.25, -0.2) is 9.97 Å². The molecule has 92 valence electrons. The van der Waals surface area contributed by atoms with Gasteiger partial charge < -0.3 is 9.88 Å². The molecule has 2 aromatic rings. The minimum Gasteiger partial charge on any atom is -0.334 e. The number of imidazole rings is 1. The molecule has 5 heteroatoms. The number of aromatic nitrogens is 3. The summed E-state index contributed by atoms with van der Waals surface area (Å²) in [5.74, 6) is 1.08. The van der Waals surface area contributed by atoms with Crippen LogP contribution in [0.15, 0.2) is 17.8 Å². The van der Waals surface area contributed by atoms with Gasteiger partial charge in [-0.05, 0) is 20.9 Å².